The number of para-hydroxylation sites is 1. The molecule has 126 valence electrons. The van der Waals surface area contributed by atoms with Crippen LogP contribution in [0.1, 0.15) is 31.4 Å². The van der Waals surface area contributed by atoms with Gasteiger partial charge in [0.05, 0.1) is 9.92 Å². The van der Waals surface area contributed by atoms with Gasteiger partial charge in [-0.1, -0.05) is 37.2 Å². The van der Waals surface area contributed by atoms with Crippen LogP contribution in [0.5, 0.6) is 0 Å². The minimum Gasteiger partial charge on any atom is -0.297 e. The van der Waals surface area contributed by atoms with Gasteiger partial charge in [0.25, 0.3) is 0 Å². The molecule has 1 heterocycles. The Hall–Kier alpha value is -1.79. The Balaban J connectivity index is 1.79. The van der Waals surface area contributed by atoms with E-state index in [4.69, 9.17) is 4.84 Å². The number of hydrogen-bond donors (Lipinski definition) is 1. The van der Waals surface area contributed by atoms with Gasteiger partial charge >= 0.3 is 6.09 Å². The Kier molecular flexibility index (Phi) is 4.96. The van der Waals surface area contributed by atoms with Crippen LogP contribution in [0.4, 0.5) is 10.5 Å². The Bertz CT molecular complexity index is 767. The van der Waals surface area contributed by atoms with Crippen molar-refractivity contribution in [2.45, 2.75) is 30.9 Å². The topological polar surface area (TPSA) is 50.7 Å². The molecular formula is C18H20N2O2S2. The highest BCUT2D eigenvalue weighted by Crippen LogP contribution is 2.42. The number of oxime groups is 1. The van der Waals surface area contributed by atoms with Crippen LogP contribution in [0.2, 0.25) is 0 Å². The van der Waals surface area contributed by atoms with Crippen molar-refractivity contribution in [1.29, 1.82) is 0 Å². The van der Waals surface area contributed by atoms with E-state index >= 15 is 0 Å². The minimum absolute atomic E-state index is 0.113. The molecule has 1 amide bonds. The van der Waals surface area contributed by atoms with Crippen molar-refractivity contribution in [3.05, 3.63) is 46.8 Å². The van der Waals surface area contributed by atoms with E-state index in [1.165, 1.54) is 9.77 Å². The number of rotatable bonds is 3. The Labute approximate surface area is 150 Å². The molecule has 1 N–H and O–H groups in total. The molecule has 0 saturated carbocycles. The first-order valence-electron chi connectivity index (χ1n) is 7.73. The molecule has 0 bridgehead atoms. The molecule has 1 aliphatic carbocycles. The van der Waals surface area contributed by atoms with Crippen molar-refractivity contribution in [3.63, 3.8) is 0 Å². The molecule has 4 nitrogen and oxygen atoms in total. The van der Waals surface area contributed by atoms with Crippen LogP contribution in [-0.2, 0) is 11.3 Å². The summed E-state index contributed by atoms with van der Waals surface area (Å²) in [6.45, 7) is 4.43. The van der Waals surface area contributed by atoms with Gasteiger partial charge in [-0.3, -0.25) is 10.2 Å². The van der Waals surface area contributed by atoms with Gasteiger partial charge in [0.15, 0.2) is 0 Å². The van der Waals surface area contributed by atoms with Crippen LogP contribution in [0.15, 0.2) is 45.1 Å². The number of amides is 1. The number of thioether (sulfide) groups is 1. The zero-order valence-electron chi connectivity index (χ0n) is 14.0. The summed E-state index contributed by atoms with van der Waals surface area (Å²) in [5, 5.41) is 9.07. The first-order valence-corrected chi connectivity index (χ1v) is 9.83. The van der Waals surface area contributed by atoms with Gasteiger partial charge in [-0.25, -0.2) is 4.79 Å². The van der Waals surface area contributed by atoms with E-state index in [2.05, 4.69) is 36.0 Å². The van der Waals surface area contributed by atoms with Crippen molar-refractivity contribution in [2.75, 3.05) is 11.6 Å². The number of carbonyl (C=O) groups excluding carboxylic acids is 1. The van der Waals surface area contributed by atoms with Crippen LogP contribution in [-0.4, -0.2) is 18.1 Å². The molecule has 0 aliphatic heterocycles. The molecule has 1 aliphatic rings. The number of fused-ring (bicyclic) bond motifs is 1. The lowest BCUT2D eigenvalue weighted by Gasteiger charge is -2.30. The third kappa shape index (κ3) is 3.82. The first-order chi connectivity index (χ1) is 11.5. The molecule has 24 heavy (non-hydrogen) atoms. The van der Waals surface area contributed by atoms with Crippen molar-refractivity contribution in [2.24, 2.45) is 10.6 Å². The van der Waals surface area contributed by atoms with Gasteiger partial charge in [-0.15, -0.1) is 23.1 Å². The smallest absolute Gasteiger partial charge is 0.297 e. The zero-order chi connectivity index (χ0) is 17.2. The summed E-state index contributed by atoms with van der Waals surface area (Å²) in [6.07, 6.45) is 3.31. The zero-order valence-corrected chi connectivity index (χ0v) is 15.6. The third-order valence-corrected chi connectivity index (χ3v) is 6.07. The summed E-state index contributed by atoms with van der Waals surface area (Å²) in [6, 6.07) is 9.21. The number of carbonyl (C=O) groups is 1. The second-order valence-corrected chi connectivity index (χ2v) is 8.51. The quantitative estimate of drug-likeness (QED) is 0.453. The normalized spacial score (nSPS) is 17.4. The molecule has 1 aromatic heterocycles. The number of thiophene rings is 1. The summed E-state index contributed by atoms with van der Waals surface area (Å²) < 4.78 is 1.23. The molecule has 1 aromatic carbocycles. The highest BCUT2D eigenvalue weighted by molar-refractivity contribution is 8.00. The second-order valence-electron chi connectivity index (χ2n) is 6.55. The number of anilines is 1. The minimum atomic E-state index is -0.570. The van der Waals surface area contributed by atoms with Crippen molar-refractivity contribution in [1.82, 2.24) is 0 Å². The van der Waals surface area contributed by atoms with Gasteiger partial charge in [-0.05, 0) is 47.6 Å². The standard InChI is InChI=1S/C18H20N2O2S2/c1-18(2)9-12-11-24-16(23-3)15(12)14(10-18)20-22-17(21)19-13-7-5-4-6-8-13/h4-8,11H,9-10H2,1-3H3,(H,19,21)/b20-14+. The fourth-order valence-corrected chi connectivity index (χ4v) is 4.71. The second kappa shape index (κ2) is 6.99. The molecule has 0 unspecified atom stereocenters. The predicted molar refractivity (Wildman–Crippen MR) is 101 cm³/mol. The molecule has 0 spiro atoms. The highest BCUT2D eigenvalue weighted by atomic mass is 32.2. The van der Waals surface area contributed by atoms with Gasteiger partial charge in [0, 0.05) is 11.3 Å². The van der Waals surface area contributed by atoms with Gasteiger partial charge in [0.2, 0.25) is 0 Å². The van der Waals surface area contributed by atoms with Crippen LogP contribution >= 0.6 is 23.1 Å². The lowest BCUT2D eigenvalue weighted by atomic mass is 9.75. The van der Waals surface area contributed by atoms with Gasteiger partial charge < -0.3 is 0 Å². The van der Waals surface area contributed by atoms with Crippen molar-refractivity contribution >= 4 is 40.6 Å². The van der Waals surface area contributed by atoms with E-state index in [1.54, 1.807) is 35.2 Å². The number of nitrogens with zero attached hydrogens (tertiary/aromatic N) is 1. The lowest BCUT2D eigenvalue weighted by molar-refractivity contribution is 0.165. The van der Waals surface area contributed by atoms with Crippen LogP contribution in [0.25, 0.3) is 0 Å². The maximum atomic E-state index is 12.0. The summed E-state index contributed by atoms with van der Waals surface area (Å²) in [7, 11) is 0. The number of hydrogen-bond acceptors (Lipinski definition) is 5. The first kappa shape index (κ1) is 17.0. The molecule has 2 aromatic rings. The monoisotopic (exact) mass is 360 g/mol. The Morgan fingerprint density at radius 2 is 2.04 bits per heavy atom. The predicted octanol–water partition coefficient (Wildman–Crippen LogP) is 5.40. The van der Waals surface area contributed by atoms with E-state index in [9.17, 15) is 4.79 Å². The molecule has 0 fully saturated rings. The van der Waals surface area contributed by atoms with E-state index < -0.39 is 6.09 Å². The van der Waals surface area contributed by atoms with Gasteiger partial charge in [0.1, 0.15) is 0 Å². The fourth-order valence-electron chi connectivity index (χ4n) is 2.91. The van der Waals surface area contributed by atoms with Crippen LogP contribution < -0.4 is 5.32 Å². The van der Waals surface area contributed by atoms with E-state index in [1.807, 2.05) is 18.2 Å². The van der Waals surface area contributed by atoms with E-state index in [0.717, 1.165) is 24.1 Å². The molecule has 6 heteroatoms. The third-order valence-electron chi connectivity index (χ3n) is 3.88. The summed E-state index contributed by atoms with van der Waals surface area (Å²) in [5.74, 6) is 0. The molecule has 0 radical (unpaired) electrons. The molecule has 0 atom stereocenters. The van der Waals surface area contributed by atoms with E-state index in [-0.39, 0.29) is 5.41 Å². The average molecular weight is 361 g/mol. The highest BCUT2D eigenvalue weighted by Gasteiger charge is 2.33. The number of benzene rings is 1. The average Bonchev–Trinajstić information content (AvgIpc) is 2.95. The fraction of sp³-hybridized carbons (Fsp3) is 0.333. The number of nitrogens with one attached hydrogen (secondary N) is 1. The van der Waals surface area contributed by atoms with Gasteiger partial charge in [-0.2, -0.15) is 0 Å². The molecule has 3 rings (SSSR count). The SMILES string of the molecule is CSc1scc2c1/C(=N/OC(=O)Nc1ccccc1)CC(C)(C)C2. The summed E-state index contributed by atoms with van der Waals surface area (Å²) in [5.41, 5.74) is 4.11. The van der Waals surface area contributed by atoms with E-state index in [0.29, 0.717) is 5.69 Å². The Morgan fingerprint density at radius 1 is 1.29 bits per heavy atom. The van der Waals surface area contributed by atoms with Crippen molar-refractivity contribution in [3.8, 4) is 0 Å². The largest absolute Gasteiger partial charge is 0.437 e. The Morgan fingerprint density at radius 3 is 2.75 bits per heavy atom. The van der Waals surface area contributed by atoms with Crippen LogP contribution in [0, 0.1) is 5.41 Å². The lowest BCUT2D eigenvalue weighted by Crippen LogP contribution is -2.27. The summed E-state index contributed by atoms with van der Waals surface area (Å²) in [4.78, 5) is 17.1. The van der Waals surface area contributed by atoms with Crippen molar-refractivity contribution < 1.29 is 9.63 Å². The van der Waals surface area contributed by atoms with Crippen LogP contribution in [0.3, 0.4) is 0 Å². The summed E-state index contributed by atoms with van der Waals surface area (Å²) >= 11 is 3.45. The maximum absolute atomic E-state index is 12.0. The maximum Gasteiger partial charge on any atom is 0.437 e. The molecular weight excluding hydrogens is 340 g/mol. The molecule has 0 saturated heterocycles.